The van der Waals surface area contributed by atoms with Crippen molar-refractivity contribution >= 4 is 39.1 Å². The predicted molar refractivity (Wildman–Crippen MR) is 126 cm³/mol. The number of anilines is 1. The zero-order valence-electron chi connectivity index (χ0n) is 18.1. The summed E-state index contributed by atoms with van der Waals surface area (Å²) in [4.78, 5) is 25.5. The smallest absolute Gasteiger partial charge is 0.257 e. The van der Waals surface area contributed by atoms with Gasteiger partial charge in [0.05, 0.1) is 26.7 Å². The summed E-state index contributed by atoms with van der Waals surface area (Å²) in [6.07, 6.45) is 4.43. The van der Waals surface area contributed by atoms with E-state index in [1.807, 2.05) is 6.92 Å². The van der Waals surface area contributed by atoms with E-state index in [2.05, 4.69) is 10.6 Å². The van der Waals surface area contributed by atoms with Crippen molar-refractivity contribution < 1.29 is 18.0 Å². The molecule has 7 nitrogen and oxygen atoms in total. The number of carbonyl (C=O) groups excluding carboxylic acids is 2. The van der Waals surface area contributed by atoms with Crippen LogP contribution in [0.25, 0.3) is 0 Å². The summed E-state index contributed by atoms with van der Waals surface area (Å²) in [5.74, 6) is -0.884. The summed E-state index contributed by atoms with van der Waals surface area (Å²) < 4.78 is 27.7. The second-order valence-electron chi connectivity index (χ2n) is 7.72. The molecule has 1 fully saturated rings. The third kappa shape index (κ3) is 5.68. The van der Waals surface area contributed by atoms with Crippen LogP contribution < -0.4 is 10.6 Å². The van der Waals surface area contributed by atoms with Gasteiger partial charge in [-0.05, 0) is 49.6 Å². The Bertz CT molecular complexity index is 1080. The minimum Gasteiger partial charge on any atom is -0.352 e. The van der Waals surface area contributed by atoms with Gasteiger partial charge in [0.1, 0.15) is 0 Å². The van der Waals surface area contributed by atoms with E-state index in [4.69, 9.17) is 11.6 Å². The van der Waals surface area contributed by atoms with Crippen LogP contribution in [0, 0.1) is 0 Å². The minimum atomic E-state index is -3.73. The number of nitrogens with one attached hydrogen (secondary N) is 2. The molecule has 0 spiro atoms. The molecule has 2 N–H and O–H groups in total. The fraction of sp³-hybridized carbons (Fsp3) is 0.391. The van der Waals surface area contributed by atoms with E-state index >= 15 is 0 Å². The number of amides is 2. The Morgan fingerprint density at radius 3 is 2.34 bits per heavy atom. The summed E-state index contributed by atoms with van der Waals surface area (Å²) in [6.45, 7) is 3.39. The zero-order valence-corrected chi connectivity index (χ0v) is 19.6. The van der Waals surface area contributed by atoms with Gasteiger partial charge in [0.25, 0.3) is 11.8 Å². The SMILES string of the molecule is CCCNC(=O)c1ccccc1NC(=O)c1cc(S(=O)(=O)N2CCCCCC2)ccc1Cl. The number of para-hydroxylation sites is 1. The first-order chi connectivity index (χ1) is 15.3. The van der Waals surface area contributed by atoms with Crippen LogP contribution in [-0.4, -0.2) is 44.2 Å². The molecule has 0 unspecified atom stereocenters. The standard InChI is InChI=1S/C23H28ClN3O4S/c1-2-13-25-22(28)18-9-5-6-10-21(18)26-23(29)19-16-17(11-12-20(19)24)32(30,31)27-14-7-3-4-8-15-27/h5-6,9-12,16H,2-4,7-8,13-15H2,1H3,(H,25,28)(H,26,29). The van der Waals surface area contributed by atoms with Gasteiger partial charge < -0.3 is 10.6 Å². The van der Waals surface area contributed by atoms with Crippen LogP contribution in [-0.2, 0) is 10.0 Å². The summed E-state index contributed by atoms with van der Waals surface area (Å²) in [6, 6.07) is 10.8. The molecule has 9 heteroatoms. The molecule has 2 aromatic carbocycles. The van der Waals surface area contributed by atoms with Gasteiger partial charge in [-0.2, -0.15) is 4.31 Å². The Kier molecular flexibility index (Phi) is 8.28. The van der Waals surface area contributed by atoms with Crippen molar-refractivity contribution in [2.75, 3.05) is 25.0 Å². The van der Waals surface area contributed by atoms with E-state index in [-0.39, 0.29) is 21.4 Å². The molecule has 0 atom stereocenters. The highest BCUT2D eigenvalue weighted by Gasteiger charge is 2.27. The lowest BCUT2D eigenvalue weighted by Gasteiger charge is -2.20. The molecule has 172 valence electrons. The largest absolute Gasteiger partial charge is 0.352 e. The molecule has 0 aromatic heterocycles. The fourth-order valence-corrected chi connectivity index (χ4v) is 5.33. The molecule has 0 bridgehead atoms. The number of halogens is 1. The Morgan fingerprint density at radius 1 is 0.969 bits per heavy atom. The van der Waals surface area contributed by atoms with Crippen LogP contribution in [0.3, 0.4) is 0 Å². The number of hydrogen-bond acceptors (Lipinski definition) is 4. The molecular formula is C23H28ClN3O4S. The van der Waals surface area contributed by atoms with E-state index in [9.17, 15) is 18.0 Å². The molecule has 2 amide bonds. The Hall–Kier alpha value is -2.42. The lowest BCUT2D eigenvalue weighted by atomic mass is 10.1. The van der Waals surface area contributed by atoms with Gasteiger partial charge >= 0.3 is 0 Å². The second-order valence-corrected chi connectivity index (χ2v) is 10.1. The average Bonchev–Trinajstić information content (AvgIpc) is 3.08. The van der Waals surface area contributed by atoms with Crippen molar-refractivity contribution in [2.24, 2.45) is 0 Å². The van der Waals surface area contributed by atoms with Crippen molar-refractivity contribution in [3.8, 4) is 0 Å². The first kappa shape index (κ1) is 24.2. The van der Waals surface area contributed by atoms with Crippen LogP contribution in [0.2, 0.25) is 5.02 Å². The van der Waals surface area contributed by atoms with Crippen LogP contribution >= 0.6 is 11.6 Å². The van der Waals surface area contributed by atoms with Gasteiger partial charge in [-0.25, -0.2) is 8.42 Å². The van der Waals surface area contributed by atoms with E-state index < -0.39 is 15.9 Å². The number of nitrogens with zero attached hydrogens (tertiary/aromatic N) is 1. The summed E-state index contributed by atoms with van der Waals surface area (Å²) in [7, 11) is -3.73. The topological polar surface area (TPSA) is 95.6 Å². The molecule has 3 rings (SSSR count). The van der Waals surface area contributed by atoms with Gasteiger partial charge in [-0.15, -0.1) is 0 Å². The molecule has 32 heavy (non-hydrogen) atoms. The Morgan fingerprint density at radius 2 is 1.66 bits per heavy atom. The summed E-state index contributed by atoms with van der Waals surface area (Å²) >= 11 is 6.24. The second kappa shape index (κ2) is 10.9. The number of hydrogen-bond donors (Lipinski definition) is 2. The molecule has 1 saturated heterocycles. The maximum absolute atomic E-state index is 13.1. The predicted octanol–water partition coefficient (Wildman–Crippen LogP) is 4.30. The first-order valence-corrected chi connectivity index (χ1v) is 12.6. The van der Waals surface area contributed by atoms with Gasteiger partial charge in [0, 0.05) is 19.6 Å². The quantitative estimate of drug-likeness (QED) is 0.621. The average molecular weight is 478 g/mol. The number of rotatable bonds is 7. The van der Waals surface area contributed by atoms with E-state index in [0.717, 1.165) is 32.1 Å². The third-order valence-electron chi connectivity index (χ3n) is 5.34. The van der Waals surface area contributed by atoms with Crippen LogP contribution in [0.1, 0.15) is 59.7 Å². The highest BCUT2D eigenvalue weighted by molar-refractivity contribution is 7.89. The van der Waals surface area contributed by atoms with Crippen molar-refractivity contribution in [3.63, 3.8) is 0 Å². The molecule has 1 aliphatic rings. The minimum absolute atomic E-state index is 0.0305. The van der Waals surface area contributed by atoms with Gasteiger partial charge in [0.2, 0.25) is 10.0 Å². The third-order valence-corrected chi connectivity index (χ3v) is 7.56. The summed E-state index contributed by atoms with van der Waals surface area (Å²) in [5.41, 5.74) is 0.674. The molecule has 0 saturated carbocycles. The van der Waals surface area contributed by atoms with Gasteiger partial charge in [-0.3, -0.25) is 9.59 Å². The normalized spacial score (nSPS) is 15.1. The first-order valence-electron chi connectivity index (χ1n) is 10.8. The molecular weight excluding hydrogens is 450 g/mol. The molecule has 1 heterocycles. The molecule has 0 aliphatic carbocycles. The van der Waals surface area contributed by atoms with Crippen molar-refractivity contribution in [1.29, 1.82) is 0 Å². The van der Waals surface area contributed by atoms with Crippen LogP contribution in [0.15, 0.2) is 47.4 Å². The Balaban J connectivity index is 1.86. The molecule has 1 aliphatic heterocycles. The number of benzene rings is 2. The summed E-state index contributed by atoms with van der Waals surface area (Å²) in [5, 5.41) is 5.61. The molecule has 0 radical (unpaired) electrons. The Labute approximate surface area is 194 Å². The van der Waals surface area contributed by atoms with Crippen molar-refractivity contribution in [2.45, 2.75) is 43.9 Å². The van der Waals surface area contributed by atoms with Crippen molar-refractivity contribution in [3.05, 3.63) is 58.6 Å². The lowest BCUT2D eigenvalue weighted by Crippen LogP contribution is -2.32. The maximum Gasteiger partial charge on any atom is 0.257 e. The molecule has 2 aromatic rings. The van der Waals surface area contributed by atoms with E-state index in [1.165, 1.54) is 22.5 Å². The fourth-order valence-electron chi connectivity index (χ4n) is 3.58. The number of carbonyl (C=O) groups is 2. The highest BCUT2D eigenvalue weighted by atomic mass is 35.5. The van der Waals surface area contributed by atoms with Gasteiger partial charge in [-0.1, -0.05) is 43.5 Å². The maximum atomic E-state index is 13.1. The van der Waals surface area contributed by atoms with E-state index in [0.29, 0.717) is 30.9 Å². The lowest BCUT2D eigenvalue weighted by molar-refractivity contribution is 0.0954. The van der Waals surface area contributed by atoms with Crippen LogP contribution in [0.4, 0.5) is 5.69 Å². The highest BCUT2D eigenvalue weighted by Crippen LogP contribution is 2.26. The van der Waals surface area contributed by atoms with Crippen molar-refractivity contribution in [1.82, 2.24) is 9.62 Å². The monoisotopic (exact) mass is 477 g/mol. The zero-order chi connectivity index (χ0) is 23.1. The van der Waals surface area contributed by atoms with E-state index in [1.54, 1.807) is 24.3 Å². The number of sulfonamides is 1. The van der Waals surface area contributed by atoms with Crippen LogP contribution in [0.5, 0.6) is 0 Å². The van der Waals surface area contributed by atoms with Gasteiger partial charge in [0.15, 0.2) is 0 Å².